The van der Waals surface area contributed by atoms with Crippen LogP contribution in [0, 0.1) is 0 Å². The summed E-state index contributed by atoms with van der Waals surface area (Å²) >= 11 is 0. The van der Waals surface area contributed by atoms with E-state index < -0.39 is 0 Å². The summed E-state index contributed by atoms with van der Waals surface area (Å²) < 4.78 is 10.7. The van der Waals surface area contributed by atoms with E-state index in [0.29, 0.717) is 12.2 Å². The van der Waals surface area contributed by atoms with Gasteiger partial charge in [-0.1, -0.05) is 18.7 Å². The summed E-state index contributed by atoms with van der Waals surface area (Å²) in [7, 11) is 0. The number of aromatic nitrogens is 1. The Kier molecular flexibility index (Phi) is 4.93. The van der Waals surface area contributed by atoms with Gasteiger partial charge in [0.25, 0.3) is 0 Å². The van der Waals surface area contributed by atoms with Crippen LogP contribution in [0.25, 0.3) is 11.1 Å². The Morgan fingerprint density at radius 1 is 1.30 bits per heavy atom. The number of hydrogen-bond acceptors (Lipinski definition) is 4. The number of hydrogen-bond donors (Lipinski definition) is 0. The van der Waals surface area contributed by atoms with Gasteiger partial charge >= 0.3 is 5.97 Å². The minimum Gasteiger partial charge on any atom is -0.462 e. The molecule has 1 aromatic heterocycles. The minimum atomic E-state index is -0.316. The first-order chi connectivity index (χ1) is 9.66. The number of aryl methyl sites for hydroxylation is 1. The third-order valence-electron chi connectivity index (χ3n) is 2.95. The number of esters is 1. The van der Waals surface area contributed by atoms with Gasteiger partial charge in [-0.2, -0.15) is 0 Å². The zero-order chi connectivity index (χ0) is 14.4. The van der Waals surface area contributed by atoms with Crippen molar-refractivity contribution in [2.24, 2.45) is 0 Å². The Bertz CT molecular complexity index is 568. The van der Waals surface area contributed by atoms with Crippen LogP contribution in [0.1, 0.15) is 32.1 Å². The standard InChI is InChI=1S/C16H19NO3/c1-12(2)16(18)19-11-7-3-4-10-15-17-13-8-5-6-9-14(13)20-15/h5-6,8-9H,1,3-4,7,10-11H2,2H3. The van der Waals surface area contributed by atoms with E-state index in [1.807, 2.05) is 24.3 Å². The minimum absolute atomic E-state index is 0.316. The Morgan fingerprint density at radius 2 is 2.10 bits per heavy atom. The lowest BCUT2D eigenvalue weighted by molar-refractivity contribution is -0.139. The zero-order valence-electron chi connectivity index (χ0n) is 11.7. The van der Waals surface area contributed by atoms with Crippen LogP contribution in [-0.4, -0.2) is 17.6 Å². The number of fused-ring (bicyclic) bond motifs is 1. The van der Waals surface area contributed by atoms with E-state index >= 15 is 0 Å². The number of nitrogens with zero attached hydrogens (tertiary/aromatic N) is 1. The van der Waals surface area contributed by atoms with E-state index in [-0.39, 0.29) is 5.97 Å². The molecule has 0 spiro atoms. The van der Waals surface area contributed by atoms with E-state index in [2.05, 4.69) is 11.6 Å². The van der Waals surface area contributed by atoms with Gasteiger partial charge in [0.05, 0.1) is 6.61 Å². The Labute approximate surface area is 118 Å². The Balaban J connectivity index is 1.66. The first kappa shape index (κ1) is 14.3. The molecule has 0 aliphatic carbocycles. The summed E-state index contributed by atoms with van der Waals surface area (Å²) in [6.07, 6.45) is 3.60. The highest BCUT2D eigenvalue weighted by atomic mass is 16.5. The largest absolute Gasteiger partial charge is 0.462 e. The fraction of sp³-hybridized carbons (Fsp3) is 0.375. The fourth-order valence-corrected chi connectivity index (χ4v) is 1.87. The summed E-state index contributed by atoms with van der Waals surface area (Å²) in [5.41, 5.74) is 2.17. The van der Waals surface area contributed by atoms with Gasteiger partial charge in [0.1, 0.15) is 5.52 Å². The second-order valence-electron chi connectivity index (χ2n) is 4.80. The van der Waals surface area contributed by atoms with Crippen molar-refractivity contribution in [2.45, 2.75) is 32.6 Å². The number of oxazole rings is 1. The number of benzene rings is 1. The molecule has 0 aliphatic heterocycles. The van der Waals surface area contributed by atoms with Gasteiger partial charge in [-0.25, -0.2) is 9.78 Å². The molecule has 0 aliphatic rings. The molecule has 0 N–H and O–H groups in total. The smallest absolute Gasteiger partial charge is 0.333 e. The second-order valence-corrected chi connectivity index (χ2v) is 4.80. The van der Waals surface area contributed by atoms with Crippen molar-refractivity contribution < 1.29 is 13.9 Å². The first-order valence-electron chi connectivity index (χ1n) is 6.84. The van der Waals surface area contributed by atoms with Crippen LogP contribution in [0.4, 0.5) is 0 Å². The molecule has 1 aromatic carbocycles. The van der Waals surface area contributed by atoms with Gasteiger partial charge in [-0.3, -0.25) is 0 Å². The summed E-state index contributed by atoms with van der Waals surface area (Å²) in [6, 6.07) is 7.75. The summed E-state index contributed by atoms with van der Waals surface area (Å²) in [5, 5.41) is 0. The maximum atomic E-state index is 11.1. The summed E-state index contributed by atoms with van der Waals surface area (Å²) in [4.78, 5) is 15.6. The monoisotopic (exact) mass is 273 g/mol. The quantitative estimate of drug-likeness (QED) is 0.439. The molecule has 0 saturated heterocycles. The molecule has 2 rings (SSSR count). The van der Waals surface area contributed by atoms with Gasteiger partial charge in [-0.15, -0.1) is 0 Å². The molecule has 0 amide bonds. The molecule has 20 heavy (non-hydrogen) atoms. The van der Waals surface area contributed by atoms with Crippen molar-refractivity contribution in [3.8, 4) is 0 Å². The molecule has 4 nitrogen and oxygen atoms in total. The topological polar surface area (TPSA) is 52.3 Å². The molecule has 1 heterocycles. The maximum absolute atomic E-state index is 11.1. The second kappa shape index (κ2) is 6.89. The first-order valence-corrected chi connectivity index (χ1v) is 6.84. The SMILES string of the molecule is C=C(C)C(=O)OCCCCCc1nc2ccccc2o1. The number of unbranched alkanes of at least 4 members (excludes halogenated alkanes) is 2. The highest BCUT2D eigenvalue weighted by Crippen LogP contribution is 2.16. The highest BCUT2D eigenvalue weighted by Gasteiger charge is 2.05. The molecule has 0 fully saturated rings. The molecule has 106 valence electrons. The number of ether oxygens (including phenoxy) is 1. The van der Waals surface area contributed by atoms with Crippen molar-refractivity contribution in [1.29, 1.82) is 0 Å². The fourth-order valence-electron chi connectivity index (χ4n) is 1.87. The third-order valence-corrected chi connectivity index (χ3v) is 2.95. The van der Waals surface area contributed by atoms with Crippen LogP contribution in [0.3, 0.4) is 0 Å². The molecule has 0 atom stereocenters. The van der Waals surface area contributed by atoms with Gasteiger partial charge < -0.3 is 9.15 Å². The van der Waals surface area contributed by atoms with E-state index in [1.54, 1.807) is 6.92 Å². The Morgan fingerprint density at radius 3 is 2.85 bits per heavy atom. The van der Waals surface area contributed by atoms with Crippen LogP contribution in [0.5, 0.6) is 0 Å². The Hall–Kier alpha value is -2.10. The van der Waals surface area contributed by atoms with Crippen LogP contribution >= 0.6 is 0 Å². The van der Waals surface area contributed by atoms with Gasteiger partial charge in [0.15, 0.2) is 11.5 Å². The average Bonchev–Trinajstić information content (AvgIpc) is 2.84. The van der Waals surface area contributed by atoms with E-state index in [1.165, 1.54) is 0 Å². The van der Waals surface area contributed by atoms with Crippen molar-refractivity contribution in [2.75, 3.05) is 6.61 Å². The number of para-hydroxylation sites is 2. The zero-order valence-corrected chi connectivity index (χ0v) is 11.7. The van der Waals surface area contributed by atoms with E-state index in [9.17, 15) is 4.79 Å². The van der Waals surface area contributed by atoms with Crippen LogP contribution in [0.2, 0.25) is 0 Å². The normalized spacial score (nSPS) is 10.7. The van der Waals surface area contributed by atoms with Crippen molar-refractivity contribution in [3.05, 3.63) is 42.3 Å². The lowest BCUT2D eigenvalue weighted by Gasteiger charge is -2.03. The van der Waals surface area contributed by atoms with Crippen LogP contribution < -0.4 is 0 Å². The molecule has 0 bridgehead atoms. The summed E-state index contributed by atoms with van der Waals surface area (Å²) in [5.74, 6) is 0.453. The van der Waals surface area contributed by atoms with Gasteiger partial charge in [0, 0.05) is 12.0 Å². The lowest BCUT2D eigenvalue weighted by atomic mass is 10.2. The van der Waals surface area contributed by atoms with Gasteiger partial charge in [0.2, 0.25) is 0 Å². The third kappa shape index (κ3) is 3.95. The molecule has 2 aromatic rings. The van der Waals surface area contributed by atoms with Gasteiger partial charge in [-0.05, 0) is 38.3 Å². The summed E-state index contributed by atoms with van der Waals surface area (Å²) in [6.45, 7) is 5.63. The molecule has 4 heteroatoms. The molecule has 0 saturated carbocycles. The lowest BCUT2D eigenvalue weighted by Crippen LogP contribution is -2.06. The van der Waals surface area contributed by atoms with Crippen molar-refractivity contribution >= 4 is 17.1 Å². The average molecular weight is 273 g/mol. The van der Waals surface area contributed by atoms with Crippen molar-refractivity contribution in [3.63, 3.8) is 0 Å². The van der Waals surface area contributed by atoms with Crippen LogP contribution in [0.15, 0.2) is 40.8 Å². The molecule has 0 radical (unpaired) electrons. The van der Waals surface area contributed by atoms with E-state index in [0.717, 1.165) is 42.7 Å². The molecule has 0 unspecified atom stereocenters. The number of rotatable bonds is 7. The van der Waals surface area contributed by atoms with Crippen LogP contribution in [-0.2, 0) is 16.0 Å². The number of carbonyl (C=O) groups excluding carboxylic acids is 1. The molecular formula is C16H19NO3. The number of carbonyl (C=O) groups is 1. The van der Waals surface area contributed by atoms with Crippen molar-refractivity contribution in [1.82, 2.24) is 4.98 Å². The highest BCUT2D eigenvalue weighted by molar-refractivity contribution is 5.86. The van der Waals surface area contributed by atoms with E-state index in [4.69, 9.17) is 9.15 Å². The molecular weight excluding hydrogens is 254 g/mol. The maximum Gasteiger partial charge on any atom is 0.333 e. The predicted molar refractivity (Wildman–Crippen MR) is 77.3 cm³/mol. The predicted octanol–water partition coefficient (Wildman–Crippen LogP) is 3.66.